The maximum Gasteiger partial charge on any atom is 0.0220 e. The summed E-state index contributed by atoms with van der Waals surface area (Å²) in [6.45, 7) is 6.95. The molecule has 0 aliphatic carbocycles. The van der Waals surface area contributed by atoms with Crippen LogP contribution in [0, 0.1) is 5.92 Å². The smallest absolute Gasteiger partial charge is 0.0220 e. The van der Waals surface area contributed by atoms with E-state index in [1.165, 1.54) is 25.7 Å². The maximum absolute atomic E-state index is 2.39. The molecule has 0 amide bonds. The largest absolute Gasteiger partial charge is 0.257 e. The van der Waals surface area contributed by atoms with Crippen LogP contribution in [0.1, 0.15) is 46.5 Å². The van der Waals surface area contributed by atoms with Crippen molar-refractivity contribution < 1.29 is 0 Å². The first-order chi connectivity index (χ1) is 6.11. The average molecular weight is 203 g/mol. The van der Waals surface area contributed by atoms with Crippen molar-refractivity contribution in [3.05, 3.63) is 0 Å². The minimum Gasteiger partial charge on any atom is -0.257 e. The third-order valence-electron chi connectivity index (χ3n) is 2.30. The van der Waals surface area contributed by atoms with Crippen molar-refractivity contribution in [2.45, 2.75) is 51.7 Å². The van der Waals surface area contributed by atoms with Gasteiger partial charge in [0.1, 0.15) is 0 Å². The second-order valence-electron chi connectivity index (χ2n) is 4.01. The summed E-state index contributed by atoms with van der Waals surface area (Å²) in [5.74, 6) is 0.859. The highest BCUT2D eigenvalue weighted by Crippen LogP contribution is 2.28. The number of rotatable bonds is 7. The van der Waals surface area contributed by atoms with Gasteiger partial charge in [0, 0.05) is 5.25 Å². The van der Waals surface area contributed by atoms with Crippen LogP contribution in [0.2, 0.25) is 0 Å². The molecule has 0 spiro atoms. The van der Waals surface area contributed by atoms with Crippen molar-refractivity contribution in [3.63, 3.8) is 0 Å². The fourth-order valence-corrected chi connectivity index (χ4v) is 2.86. The first kappa shape index (κ1) is 13.3. The molecule has 2 unspecified atom stereocenters. The standard InChI is InChI=1S/C11H25NS/c1-6-8-10(3)11(9-7-2)13-12(4)5/h10-11H,6-9H2,1-5H3. The van der Waals surface area contributed by atoms with Crippen molar-refractivity contribution in [1.82, 2.24) is 4.31 Å². The van der Waals surface area contributed by atoms with Gasteiger partial charge in [-0.1, -0.05) is 45.6 Å². The zero-order valence-corrected chi connectivity index (χ0v) is 10.7. The molecule has 1 nitrogen and oxygen atoms in total. The molecule has 13 heavy (non-hydrogen) atoms. The Kier molecular flexibility index (Phi) is 7.87. The van der Waals surface area contributed by atoms with Crippen LogP contribution >= 0.6 is 11.9 Å². The molecule has 80 valence electrons. The molecule has 0 fully saturated rings. The van der Waals surface area contributed by atoms with E-state index >= 15 is 0 Å². The van der Waals surface area contributed by atoms with Gasteiger partial charge in [0.2, 0.25) is 0 Å². The molecule has 0 radical (unpaired) electrons. The lowest BCUT2D eigenvalue weighted by Gasteiger charge is -2.25. The van der Waals surface area contributed by atoms with Crippen LogP contribution < -0.4 is 0 Å². The molecule has 0 rings (SSSR count). The van der Waals surface area contributed by atoms with Crippen molar-refractivity contribution in [1.29, 1.82) is 0 Å². The van der Waals surface area contributed by atoms with E-state index in [9.17, 15) is 0 Å². The number of hydrogen-bond acceptors (Lipinski definition) is 2. The molecule has 0 saturated carbocycles. The minimum absolute atomic E-state index is 0.819. The number of hydrogen-bond donors (Lipinski definition) is 0. The van der Waals surface area contributed by atoms with E-state index in [4.69, 9.17) is 0 Å². The highest BCUT2D eigenvalue weighted by molar-refractivity contribution is 7.97. The SMILES string of the molecule is CCCC(C)C(CCC)SN(C)C. The first-order valence-corrected chi connectivity index (χ1v) is 6.29. The van der Waals surface area contributed by atoms with Crippen LogP contribution in [0.5, 0.6) is 0 Å². The van der Waals surface area contributed by atoms with Gasteiger partial charge in [0.25, 0.3) is 0 Å². The molecule has 0 aliphatic rings. The van der Waals surface area contributed by atoms with Gasteiger partial charge in [0.05, 0.1) is 0 Å². The van der Waals surface area contributed by atoms with Crippen LogP contribution in [0.25, 0.3) is 0 Å². The Balaban J connectivity index is 3.90. The third-order valence-corrected chi connectivity index (χ3v) is 3.69. The van der Waals surface area contributed by atoms with E-state index in [1.54, 1.807) is 0 Å². The Morgan fingerprint density at radius 1 is 1.08 bits per heavy atom. The molecular formula is C11H25NS. The van der Waals surface area contributed by atoms with Crippen molar-refractivity contribution in [2.75, 3.05) is 14.1 Å². The summed E-state index contributed by atoms with van der Waals surface area (Å²) >= 11 is 2.01. The van der Waals surface area contributed by atoms with E-state index in [0.717, 1.165) is 11.2 Å². The number of nitrogens with zero attached hydrogens (tertiary/aromatic N) is 1. The summed E-state index contributed by atoms with van der Waals surface area (Å²) in [5.41, 5.74) is 0. The van der Waals surface area contributed by atoms with Crippen LogP contribution in [0.15, 0.2) is 0 Å². The third kappa shape index (κ3) is 6.39. The van der Waals surface area contributed by atoms with Gasteiger partial charge in [-0.15, -0.1) is 0 Å². The zero-order chi connectivity index (χ0) is 10.3. The van der Waals surface area contributed by atoms with Gasteiger partial charge in [-0.25, -0.2) is 0 Å². The summed E-state index contributed by atoms with van der Waals surface area (Å²) in [7, 11) is 4.29. The van der Waals surface area contributed by atoms with Crippen molar-refractivity contribution in [3.8, 4) is 0 Å². The summed E-state index contributed by atoms with van der Waals surface area (Å²) < 4.78 is 2.24. The Hall–Kier alpha value is 0.310. The molecule has 0 bridgehead atoms. The van der Waals surface area contributed by atoms with Crippen LogP contribution in [0.4, 0.5) is 0 Å². The van der Waals surface area contributed by atoms with Crippen molar-refractivity contribution >= 4 is 11.9 Å². The highest BCUT2D eigenvalue weighted by atomic mass is 32.2. The predicted octanol–water partition coefficient (Wildman–Crippen LogP) is 3.80. The Morgan fingerprint density at radius 3 is 2.00 bits per heavy atom. The van der Waals surface area contributed by atoms with Gasteiger partial charge in [0.15, 0.2) is 0 Å². The zero-order valence-electron chi connectivity index (χ0n) is 9.84. The molecule has 0 aromatic carbocycles. The predicted molar refractivity (Wildman–Crippen MR) is 64.0 cm³/mol. The average Bonchev–Trinajstić information content (AvgIpc) is 2.03. The van der Waals surface area contributed by atoms with E-state index in [1.807, 2.05) is 11.9 Å². The molecule has 0 aromatic heterocycles. The summed E-state index contributed by atoms with van der Waals surface area (Å²) in [4.78, 5) is 0. The lowest BCUT2D eigenvalue weighted by molar-refractivity contribution is 0.472. The second-order valence-corrected chi connectivity index (χ2v) is 5.56. The molecule has 2 atom stereocenters. The minimum atomic E-state index is 0.819. The molecule has 0 N–H and O–H groups in total. The molecule has 0 aromatic rings. The van der Waals surface area contributed by atoms with E-state index in [2.05, 4.69) is 39.2 Å². The lowest BCUT2D eigenvalue weighted by Crippen LogP contribution is -2.19. The van der Waals surface area contributed by atoms with Crippen LogP contribution in [-0.4, -0.2) is 23.7 Å². The van der Waals surface area contributed by atoms with Gasteiger partial charge in [-0.2, -0.15) is 0 Å². The first-order valence-electron chi connectivity index (χ1n) is 5.45. The second kappa shape index (κ2) is 7.69. The Morgan fingerprint density at radius 2 is 1.62 bits per heavy atom. The lowest BCUT2D eigenvalue weighted by atomic mass is 9.99. The fourth-order valence-electron chi connectivity index (χ4n) is 1.64. The Bertz CT molecular complexity index is 115. The summed E-state index contributed by atoms with van der Waals surface area (Å²) in [6.07, 6.45) is 5.34. The van der Waals surface area contributed by atoms with Gasteiger partial charge in [-0.3, -0.25) is 4.31 Å². The molecule has 0 saturated heterocycles. The molecule has 2 heteroatoms. The van der Waals surface area contributed by atoms with Crippen molar-refractivity contribution in [2.24, 2.45) is 5.92 Å². The van der Waals surface area contributed by atoms with Gasteiger partial charge >= 0.3 is 0 Å². The molecule has 0 aliphatic heterocycles. The molecular weight excluding hydrogens is 178 g/mol. The van der Waals surface area contributed by atoms with Crippen LogP contribution in [-0.2, 0) is 0 Å². The quantitative estimate of drug-likeness (QED) is 0.579. The fraction of sp³-hybridized carbons (Fsp3) is 1.00. The van der Waals surface area contributed by atoms with E-state index in [0.29, 0.717) is 0 Å². The van der Waals surface area contributed by atoms with Gasteiger partial charge in [-0.05, 0) is 32.9 Å². The van der Waals surface area contributed by atoms with E-state index < -0.39 is 0 Å². The maximum atomic E-state index is 2.39. The monoisotopic (exact) mass is 203 g/mol. The van der Waals surface area contributed by atoms with Gasteiger partial charge < -0.3 is 0 Å². The normalized spacial score (nSPS) is 16.2. The Labute approximate surface area is 88.4 Å². The summed E-state index contributed by atoms with van der Waals surface area (Å²) in [5, 5.41) is 0.819. The van der Waals surface area contributed by atoms with E-state index in [-0.39, 0.29) is 0 Å². The molecule has 0 heterocycles. The van der Waals surface area contributed by atoms with Crippen LogP contribution in [0.3, 0.4) is 0 Å². The highest BCUT2D eigenvalue weighted by Gasteiger charge is 2.17. The summed E-state index contributed by atoms with van der Waals surface area (Å²) in [6, 6.07) is 0. The topological polar surface area (TPSA) is 3.24 Å².